The summed E-state index contributed by atoms with van der Waals surface area (Å²) < 4.78 is 5.45. The molecule has 1 aromatic carbocycles. The molecule has 0 saturated heterocycles. The lowest BCUT2D eigenvalue weighted by Gasteiger charge is -2.28. The van der Waals surface area contributed by atoms with Crippen LogP contribution < -0.4 is 5.73 Å². The first kappa shape index (κ1) is 15.2. The second kappa shape index (κ2) is 6.91. The molecule has 0 aliphatic rings. The zero-order valence-electron chi connectivity index (χ0n) is 12.1. The Morgan fingerprint density at radius 1 is 1.22 bits per heavy atom. The van der Waals surface area contributed by atoms with Crippen LogP contribution in [-0.2, 0) is 4.74 Å². The number of hydrogen-bond acceptors (Lipinski definition) is 2. The molecule has 2 atom stereocenters. The molecule has 18 heavy (non-hydrogen) atoms. The monoisotopic (exact) mass is 249 g/mol. The maximum atomic E-state index is 6.37. The van der Waals surface area contributed by atoms with Crippen molar-refractivity contribution in [2.24, 2.45) is 5.73 Å². The summed E-state index contributed by atoms with van der Waals surface area (Å²) in [5.74, 6) is 0.443. The van der Waals surface area contributed by atoms with Crippen molar-refractivity contribution < 1.29 is 4.74 Å². The first-order chi connectivity index (χ1) is 8.50. The molecule has 0 fully saturated rings. The minimum Gasteiger partial charge on any atom is -0.379 e. The lowest BCUT2D eigenvalue weighted by Crippen LogP contribution is -2.32. The van der Waals surface area contributed by atoms with Crippen molar-refractivity contribution in [3.05, 3.63) is 35.9 Å². The van der Waals surface area contributed by atoms with Gasteiger partial charge in [0.25, 0.3) is 0 Å². The van der Waals surface area contributed by atoms with E-state index in [0.717, 1.165) is 19.3 Å². The Bertz CT molecular complexity index is 334. The molecule has 0 aromatic heterocycles. The van der Waals surface area contributed by atoms with Crippen LogP contribution in [-0.4, -0.2) is 18.8 Å². The summed E-state index contributed by atoms with van der Waals surface area (Å²) in [6.07, 6.45) is 3.07. The molecule has 2 unspecified atom stereocenters. The topological polar surface area (TPSA) is 35.2 Å². The highest BCUT2D eigenvalue weighted by Crippen LogP contribution is 2.26. The zero-order chi connectivity index (χ0) is 13.6. The van der Waals surface area contributed by atoms with Gasteiger partial charge >= 0.3 is 0 Å². The van der Waals surface area contributed by atoms with Crippen molar-refractivity contribution in [2.75, 3.05) is 7.11 Å². The molecule has 0 aliphatic carbocycles. The molecule has 1 aromatic rings. The van der Waals surface area contributed by atoms with Gasteiger partial charge in [-0.3, -0.25) is 0 Å². The van der Waals surface area contributed by atoms with Crippen LogP contribution >= 0.6 is 0 Å². The molecule has 0 radical (unpaired) electrons. The highest BCUT2D eigenvalue weighted by Gasteiger charge is 2.22. The number of nitrogens with two attached hydrogens (primary N) is 1. The normalized spacial score (nSPS) is 15.4. The van der Waals surface area contributed by atoms with E-state index in [4.69, 9.17) is 10.5 Å². The van der Waals surface area contributed by atoms with Crippen molar-refractivity contribution in [1.82, 2.24) is 0 Å². The van der Waals surface area contributed by atoms with Gasteiger partial charge in [0, 0.05) is 13.2 Å². The molecular weight excluding hydrogens is 222 g/mol. The molecular formula is C16H27NO. The average Bonchev–Trinajstić information content (AvgIpc) is 2.39. The Morgan fingerprint density at radius 2 is 1.83 bits per heavy atom. The van der Waals surface area contributed by atoms with E-state index in [1.807, 2.05) is 0 Å². The standard InChI is InChI=1S/C16H27NO/c1-5-14(13-9-7-6-8-10-13)15(17)11-12-16(2,3)18-4/h6-10,14-15H,5,11-12,17H2,1-4H3. The van der Waals surface area contributed by atoms with E-state index < -0.39 is 0 Å². The first-order valence-corrected chi connectivity index (χ1v) is 6.86. The van der Waals surface area contributed by atoms with Crippen molar-refractivity contribution in [3.8, 4) is 0 Å². The van der Waals surface area contributed by atoms with E-state index in [1.54, 1.807) is 7.11 Å². The van der Waals surface area contributed by atoms with E-state index in [-0.39, 0.29) is 11.6 Å². The Morgan fingerprint density at radius 3 is 2.33 bits per heavy atom. The van der Waals surface area contributed by atoms with E-state index in [1.165, 1.54) is 5.56 Å². The first-order valence-electron chi connectivity index (χ1n) is 6.86. The smallest absolute Gasteiger partial charge is 0.0623 e. The van der Waals surface area contributed by atoms with E-state index in [9.17, 15) is 0 Å². The Hall–Kier alpha value is -0.860. The van der Waals surface area contributed by atoms with Crippen molar-refractivity contribution in [2.45, 2.75) is 57.6 Å². The average molecular weight is 249 g/mol. The SMILES string of the molecule is CCC(c1ccccc1)C(N)CCC(C)(C)OC. The zero-order valence-corrected chi connectivity index (χ0v) is 12.1. The van der Waals surface area contributed by atoms with E-state index in [2.05, 4.69) is 51.1 Å². The molecule has 2 heteroatoms. The summed E-state index contributed by atoms with van der Waals surface area (Å²) in [6, 6.07) is 10.8. The fourth-order valence-corrected chi connectivity index (χ4v) is 2.30. The van der Waals surface area contributed by atoms with Gasteiger partial charge in [-0.1, -0.05) is 37.3 Å². The Balaban J connectivity index is 2.61. The van der Waals surface area contributed by atoms with Gasteiger partial charge in [-0.05, 0) is 44.6 Å². The molecule has 0 aliphatic heterocycles. The molecule has 102 valence electrons. The van der Waals surface area contributed by atoms with Gasteiger partial charge < -0.3 is 10.5 Å². The highest BCUT2D eigenvalue weighted by molar-refractivity contribution is 5.21. The molecule has 1 rings (SSSR count). The third-order valence-electron chi connectivity index (χ3n) is 3.82. The second-order valence-corrected chi connectivity index (χ2v) is 5.59. The van der Waals surface area contributed by atoms with Crippen molar-refractivity contribution in [1.29, 1.82) is 0 Å². The lowest BCUT2D eigenvalue weighted by atomic mass is 9.85. The van der Waals surface area contributed by atoms with E-state index in [0.29, 0.717) is 5.92 Å². The van der Waals surface area contributed by atoms with Gasteiger partial charge in [-0.2, -0.15) is 0 Å². The summed E-state index contributed by atoms with van der Waals surface area (Å²) in [5.41, 5.74) is 7.64. The van der Waals surface area contributed by atoms with Gasteiger partial charge in [0.2, 0.25) is 0 Å². The fourth-order valence-electron chi connectivity index (χ4n) is 2.30. The Kier molecular flexibility index (Phi) is 5.83. The summed E-state index contributed by atoms with van der Waals surface area (Å²) in [5, 5.41) is 0. The van der Waals surface area contributed by atoms with Crippen LogP contribution in [0.3, 0.4) is 0 Å². The van der Waals surface area contributed by atoms with Crippen LogP contribution in [0.4, 0.5) is 0 Å². The van der Waals surface area contributed by atoms with Crippen LogP contribution in [0.5, 0.6) is 0 Å². The second-order valence-electron chi connectivity index (χ2n) is 5.59. The van der Waals surface area contributed by atoms with Gasteiger partial charge in [0.1, 0.15) is 0 Å². The summed E-state index contributed by atoms with van der Waals surface area (Å²) >= 11 is 0. The van der Waals surface area contributed by atoms with Gasteiger partial charge in [0.15, 0.2) is 0 Å². The number of ether oxygens (including phenoxy) is 1. The maximum absolute atomic E-state index is 6.37. The molecule has 0 saturated carbocycles. The number of benzene rings is 1. The van der Waals surface area contributed by atoms with Crippen LogP contribution in [0.1, 0.15) is 51.5 Å². The van der Waals surface area contributed by atoms with Crippen LogP contribution in [0.15, 0.2) is 30.3 Å². The lowest BCUT2D eigenvalue weighted by molar-refractivity contribution is 0.0119. The predicted octanol–water partition coefficient (Wildman–Crippen LogP) is 3.71. The third-order valence-corrected chi connectivity index (χ3v) is 3.82. The highest BCUT2D eigenvalue weighted by atomic mass is 16.5. The van der Waals surface area contributed by atoms with Gasteiger partial charge in [0.05, 0.1) is 5.60 Å². The number of methoxy groups -OCH3 is 1. The third kappa shape index (κ3) is 4.43. The van der Waals surface area contributed by atoms with Crippen molar-refractivity contribution >= 4 is 0 Å². The molecule has 0 spiro atoms. The van der Waals surface area contributed by atoms with Crippen molar-refractivity contribution in [3.63, 3.8) is 0 Å². The van der Waals surface area contributed by atoms with Crippen LogP contribution in [0.2, 0.25) is 0 Å². The van der Waals surface area contributed by atoms with Crippen LogP contribution in [0, 0.1) is 0 Å². The van der Waals surface area contributed by atoms with Crippen LogP contribution in [0.25, 0.3) is 0 Å². The molecule has 0 bridgehead atoms. The summed E-state index contributed by atoms with van der Waals surface area (Å²) in [7, 11) is 1.76. The summed E-state index contributed by atoms with van der Waals surface area (Å²) in [4.78, 5) is 0. The summed E-state index contributed by atoms with van der Waals surface area (Å²) in [6.45, 7) is 6.44. The quantitative estimate of drug-likeness (QED) is 0.799. The Labute approximate surface area is 112 Å². The minimum absolute atomic E-state index is 0.0768. The van der Waals surface area contributed by atoms with E-state index >= 15 is 0 Å². The largest absolute Gasteiger partial charge is 0.379 e. The van der Waals surface area contributed by atoms with Gasteiger partial charge in [-0.15, -0.1) is 0 Å². The molecule has 2 nitrogen and oxygen atoms in total. The van der Waals surface area contributed by atoms with Gasteiger partial charge in [-0.25, -0.2) is 0 Å². The molecule has 0 heterocycles. The number of rotatable bonds is 7. The maximum Gasteiger partial charge on any atom is 0.0623 e. The predicted molar refractivity (Wildman–Crippen MR) is 77.8 cm³/mol. The minimum atomic E-state index is -0.0768. The number of hydrogen-bond donors (Lipinski definition) is 1. The fraction of sp³-hybridized carbons (Fsp3) is 0.625. The molecule has 2 N–H and O–H groups in total. The molecule has 0 amide bonds.